The van der Waals surface area contributed by atoms with E-state index < -0.39 is 5.97 Å². The van der Waals surface area contributed by atoms with Gasteiger partial charge in [-0.05, 0) is 43.4 Å². The summed E-state index contributed by atoms with van der Waals surface area (Å²) in [5, 5.41) is 14.5. The van der Waals surface area contributed by atoms with Gasteiger partial charge in [-0.3, -0.25) is 0 Å². The molecule has 0 spiro atoms. The van der Waals surface area contributed by atoms with Crippen molar-refractivity contribution in [2.45, 2.75) is 32.6 Å². The van der Waals surface area contributed by atoms with Gasteiger partial charge in [-0.1, -0.05) is 18.9 Å². The Morgan fingerprint density at radius 3 is 2.65 bits per heavy atom. The highest BCUT2D eigenvalue weighted by atomic mass is 16.4. The van der Waals surface area contributed by atoms with Crippen LogP contribution in [0.5, 0.6) is 0 Å². The molecule has 1 aliphatic carbocycles. The van der Waals surface area contributed by atoms with Crippen LogP contribution >= 0.6 is 0 Å². The number of nitrogens with one attached hydrogen (secondary N) is 2. The average Bonchev–Trinajstić information content (AvgIpc) is 2.92. The SMILES string of the molecule is Cc1ccc(C(=O)O)cc1NC(=O)NCC1CCCC1. The molecule has 0 aliphatic heterocycles. The maximum atomic E-state index is 11.8. The van der Waals surface area contributed by atoms with Crippen LogP contribution in [-0.4, -0.2) is 23.7 Å². The zero-order chi connectivity index (χ0) is 14.5. The summed E-state index contributed by atoms with van der Waals surface area (Å²) in [6.07, 6.45) is 4.84. The number of hydrogen-bond donors (Lipinski definition) is 3. The highest BCUT2D eigenvalue weighted by Gasteiger charge is 2.16. The lowest BCUT2D eigenvalue weighted by molar-refractivity contribution is 0.0697. The Bertz CT molecular complexity index is 508. The first-order chi connectivity index (χ1) is 9.56. The molecule has 1 aromatic carbocycles. The normalized spacial score (nSPS) is 15.1. The van der Waals surface area contributed by atoms with Gasteiger partial charge in [0, 0.05) is 12.2 Å². The average molecular weight is 276 g/mol. The molecule has 1 saturated carbocycles. The lowest BCUT2D eigenvalue weighted by atomic mass is 10.1. The minimum atomic E-state index is -1.00. The summed E-state index contributed by atoms with van der Waals surface area (Å²) < 4.78 is 0. The van der Waals surface area contributed by atoms with Crippen molar-refractivity contribution in [1.82, 2.24) is 5.32 Å². The fraction of sp³-hybridized carbons (Fsp3) is 0.467. The van der Waals surface area contributed by atoms with E-state index in [9.17, 15) is 9.59 Å². The number of carboxylic acids is 1. The Morgan fingerprint density at radius 2 is 2.00 bits per heavy atom. The minimum absolute atomic E-state index is 0.168. The Labute approximate surface area is 118 Å². The van der Waals surface area contributed by atoms with Crippen molar-refractivity contribution in [3.8, 4) is 0 Å². The molecule has 1 aromatic rings. The number of carboxylic acid groups (broad SMARTS) is 1. The molecule has 3 N–H and O–H groups in total. The Morgan fingerprint density at radius 1 is 1.30 bits per heavy atom. The van der Waals surface area contributed by atoms with Crippen LogP contribution in [0.1, 0.15) is 41.6 Å². The molecule has 0 bridgehead atoms. The Kier molecular flexibility index (Phi) is 4.61. The van der Waals surface area contributed by atoms with Gasteiger partial charge in [0.25, 0.3) is 0 Å². The molecule has 1 fully saturated rings. The number of anilines is 1. The van der Waals surface area contributed by atoms with Gasteiger partial charge in [0.05, 0.1) is 5.56 Å². The number of aryl methyl sites for hydroxylation is 1. The third kappa shape index (κ3) is 3.73. The number of hydrogen-bond acceptors (Lipinski definition) is 2. The van der Waals surface area contributed by atoms with Crippen molar-refractivity contribution in [2.75, 3.05) is 11.9 Å². The predicted molar refractivity (Wildman–Crippen MR) is 77.1 cm³/mol. The second-order valence-corrected chi connectivity index (χ2v) is 5.32. The second kappa shape index (κ2) is 6.41. The van der Waals surface area contributed by atoms with Gasteiger partial charge in [-0.15, -0.1) is 0 Å². The van der Waals surface area contributed by atoms with Crippen LogP contribution in [0.15, 0.2) is 18.2 Å². The van der Waals surface area contributed by atoms with Crippen molar-refractivity contribution in [3.63, 3.8) is 0 Å². The van der Waals surface area contributed by atoms with Crippen LogP contribution in [0, 0.1) is 12.8 Å². The van der Waals surface area contributed by atoms with Crippen molar-refractivity contribution in [1.29, 1.82) is 0 Å². The van der Waals surface area contributed by atoms with Crippen molar-refractivity contribution in [2.24, 2.45) is 5.92 Å². The monoisotopic (exact) mass is 276 g/mol. The lowest BCUT2D eigenvalue weighted by Crippen LogP contribution is -2.32. The molecule has 20 heavy (non-hydrogen) atoms. The first-order valence-corrected chi connectivity index (χ1v) is 6.95. The van der Waals surface area contributed by atoms with Gasteiger partial charge in [0.2, 0.25) is 0 Å². The fourth-order valence-corrected chi connectivity index (χ4v) is 2.51. The molecule has 0 radical (unpaired) electrons. The molecule has 2 rings (SSSR count). The third-order valence-electron chi connectivity index (χ3n) is 3.76. The predicted octanol–water partition coefficient (Wildman–Crippen LogP) is 3.00. The van der Waals surface area contributed by atoms with Gasteiger partial charge in [0.1, 0.15) is 0 Å². The summed E-state index contributed by atoms with van der Waals surface area (Å²) in [5.74, 6) is -0.424. The summed E-state index contributed by atoms with van der Waals surface area (Å²) in [7, 11) is 0. The zero-order valence-electron chi connectivity index (χ0n) is 11.6. The van der Waals surface area contributed by atoms with Crippen LogP contribution in [0.2, 0.25) is 0 Å². The van der Waals surface area contributed by atoms with Crippen LogP contribution in [-0.2, 0) is 0 Å². The second-order valence-electron chi connectivity index (χ2n) is 5.32. The number of aromatic carboxylic acids is 1. The van der Waals surface area contributed by atoms with E-state index >= 15 is 0 Å². The molecule has 1 aliphatic rings. The lowest BCUT2D eigenvalue weighted by Gasteiger charge is -2.13. The number of amides is 2. The molecule has 0 saturated heterocycles. The molecule has 5 heteroatoms. The van der Waals surface area contributed by atoms with Gasteiger partial charge in [-0.2, -0.15) is 0 Å². The quantitative estimate of drug-likeness (QED) is 0.791. The zero-order valence-corrected chi connectivity index (χ0v) is 11.6. The first kappa shape index (κ1) is 14.4. The van der Waals surface area contributed by atoms with Crippen molar-refractivity contribution in [3.05, 3.63) is 29.3 Å². The van der Waals surface area contributed by atoms with Crippen LogP contribution in [0.3, 0.4) is 0 Å². The number of rotatable bonds is 4. The van der Waals surface area contributed by atoms with E-state index in [2.05, 4.69) is 10.6 Å². The Balaban J connectivity index is 1.92. The maximum absolute atomic E-state index is 11.8. The van der Waals surface area contributed by atoms with E-state index in [4.69, 9.17) is 5.11 Å². The highest BCUT2D eigenvalue weighted by Crippen LogP contribution is 2.23. The van der Waals surface area contributed by atoms with E-state index in [1.807, 2.05) is 6.92 Å². The molecular formula is C15H20N2O3. The third-order valence-corrected chi connectivity index (χ3v) is 3.76. The molecule has 0 unspecified atom stereocenters. The van der Waals surface area contributed by atoms with E-state index in [1.165, 1.54) is 37.8 Å². The maximum Gasteiger partial charge on any atom is 0.335 e. The van der Waals surface area contributed by atoms with Crippen LogP contribution in [0.4, 0.5) is 10.5 Å². The topological polar surface area (TPSA) is 78.4 Å². The van der Waals surface area contributed by atoms with E-state index in [0.29, 0.717) is 18.2 Å². The highest BCUT2D eigenvalue weighted by molar-refractivity contribution is 5.93. The Hall–Kier alpha value is -2.04. The number of carbonyl (C=O) groups is 2. The minimum Gasteiger partial charge on any atom is -0.478 e. The molecule has 0 heterocycles. The van der Waals surface area contributed by atoms with Gasteiger partial charge in [0.15, 0.2) is 0 Å². The molecule has 0 aromatic heterocycles. The van der Waals surface area contributed by atoms with E-state index in [0.717, 1.165) is 5.56 Å². The molecular weight excluding hydrogens is 256 g/mol. The summed E-state index contributed by atoms with van der Waals surface area (Å²) in [6, 6.07) is 4.42. The van der Waals surface area contributed by atoms with Gasteiger partial charge >= 0.3 is 12.0 Å². The fourth-order valence-electron chi connectivity index (χ4n) is 2.51. The van der Waals surface area contributed by atoms with Crippen molar-refractivity contribution >= 4 is 17.7 Å². The van der Waals surface area contributed by atoms with Crippen LogP contribution < -0.4 is 10.6 Å². The molecule has 108 valence electrons. The summed E-state index contributed by atoms with van der Waals surface area (Å²) >= 11 is 0. The molecule has 2 amide bonds. The van der Waals surface area contributed by atoms with Gasteiger partial charge < -0.3 is 15.7 Å². The summed E-state index contributed by atoms with van der Waals surface area (Å²) in [6.45, 7) is 2.52. The number of carbonyl (C=O) groups excluding carboxylic acids is 1. The van der Waals surface area contributed by atoms with E-state index in [-0.39, 0.29) is 11.6 Å². The summed E-state index contributed by atoms with van der Waals surface area (Å²) in [5.41, 5.74) is 1.54. The molecule has 0 atom stereocenters. The number of benzene rings is 1. The smallest absolute Gasteiger partial charge is 0.335 e. The van der Waals surface area contributed by atoms with Crippen LogP contribution in [0.25, 0.3) is 0 Å². The summed E-state index contributed by atoms with van der Waals surface area (Å²) in [4.78, 5) is 22.8. The van der Waals surface area contributed by atoms with Gasteiger partial charge in [-0.25, -0.2) is 9.59 Å². The number of urea groups is 1. The van der Waals surface area contributed by atoms with E-state index in [1.54, 1.807) is 6.07 Å². The molecule has 5 nitrogen and oxygen atoms in total. The largest absolute Gasteiger partial charge is 0.478 e. The first-order valence-electron chi connectivity index (χ1n) is 6.95. The standard InChI is InChI=1S/C15H20N2O3/c1-10-6-7-12(14(18)19)8-13(10)17-15(20)16-9-11-4-2-3-5-11/h6-8,11H,2-5,9H2,1H3,(H,18,19)(H2,16,17,20). The van der Waals surface area contributed by atoms with Crippen molar-refractivity contribution < 1.29 is 14.7 Å².